The van der Waals surface area contributed by atoms with Crippen LogP contribution in [0.25, 0.3) is 0 Å². The van der Waals surface area contributed by atoms with Crippen LogP contribution in [0.5, 0.6) is 0 Å². The molecule has 1 heterocycles. The standard InChI is InChI=1S/C13H24O4.C5H12.C3H6O.C2H6/c1-9-7-10(8-13(15-2)16-9)17-12-6-4-3-5-11(12)14;1-4-5(2)3;1-3(2)4;1-2/h9-14H,3-8H2,1-2H3;5H,4H2,1-3H3;1-2H3;1-2H3. The Balaban J connectivity index is 0. The first-order valence-electron chi connectivity index (χ1n) is 11.2. The number of carbonyl (C=O) groups excluding carboxylic acids is 1. The lowest BCUT2D eigenvalue weighted by Gasteiger charge is -2.37. The molecule has 0 radical (unpaired) electrons. The Kier molecular flexibility index (Phi) is 19.7. The molecular formula is C23H48O5. The summed E-state index contributed by atoms with van der Waals surface area (Å²) in [4.78, 5) is 9.44. The fourth-order valence-electron chi connectivity index (χ4n) is 2.80. The Labute approximate surface area is 174 Å². The highest BCUT2D eigenvalue weighted by atomic mass is 16.7. The van der Waals surface area contributed by atoms with Gasteiger partial charge in [0.2, 0.25) is 0 Å². The molecule has 2 rings (SSSR count). The van der Waals surface area contributed by atoms with Gasteiger partial charge < -0.3 is 24.1 Å². The van der Waals surface area contributed by atoms with Gasteiger partial charge in [-0.15, -0.1) is 0 Å². The van der Waals surface area contributed by atoms with E-state index in [0.29, 0.717) is 0 Å². The molecule has 0 aromatic carbocycles. The minimum atomic E-state index is -0.289. The molecule has 170 valence electrons. The van der Waals surface area contributed by atoms with Crippen LogP contribution < -0.4 is 0 Å². The van der Waals surface area contributed by atoms with Crippen LogP contribution in [0, 0.1) is 5.92 Å². The molecule has 0 amide bonds. The first-order chi connectivity index (χ1) is 13.2. The van der Waals surface area contributed by atoms with Crippen LogP contribution in [-0.2, 0) is 19.0 Å². The van der Waals surface area contributed by atoms with E-state index in [4.69, 9.17) is 14.2 Å². The highest BCUT2D eigenvalue weighted by Gasteiger charge is 2.32. The van der Waals surface area contributed by atoms with Crippen LogP contribution in [0.4, 0.5) is 0 Å². The van der Waals surface area contributed by atoms with E-state index < -0.39 is 0 Å². The van der Waals surface area contributed by atoms with Gasteiger partial charge in [0.15, 0.2) is 6.29 Å². The number of methoxy groups -OCH3 is 1. The molecule has 0 bridgehead atoms. The molecule has 5 unspecified atom stereocenters. The second-order valence-corrected chi connectivity index (χ2v) is 7.94. The largest absolute Gasteiger partial charge is 0.390 e. The van der Waals surface area contributed by atoms with Crippen molar-refractivity contribution in [3.8, 4) is 0 Å². The minimum Gasteiger partial charge on any atom is -0.390 e. The van der Waals surface area contributed by atoms with Crippen LogP contribution >= 0.6 is 0 Å². The zero-order valence-electron chi connectivity index (χ0n) is 20.0. The summed E-state index contributed by atoms with van der Waals surface area (Å²) in [5.74, 6) is 1.05. The smallest absolute Gasteiger partial charge is 0.160 e. The Morgan fingerprint density at radius 1 is 1.14 bits per heavy atom. The maximum Gasteiger partial charge on any atom is 0.160 e. The fraction of sp³-hybridized carbons (Fsp3) is 0.957. The van der Waals surface area contributed by atoms with E-state index in [-0.39, 0.29) is 36.5 Å². The summed E-state index contributed by atoms with van der Waals surface area (Å²) in [5.41, 5.74) is 0. The molecule has 1 N–H and O–H groups in total. The summed E-state index contributed by atoms with van der Waals surface area (Å²) >= 11 is 0. The first-order valence-corrected chi connectivity index (χ1v) is 11.2. The Bertz CT molecular complexity index is 355. The third kappa shape index (κ3) is 16.5. The van der Waals surface area contributed by atoms with Crippen LogP contribution in [0.15, 0.2) is 0 Å². The van der Waals surface area contributed by atoms with Gasteiger partial charge in [-0.2, -0.15) is 0 Å². The molecule has 28 heavy (non-hydrogen) atoms. The normalized spacial score (nSPS) is 29.3. The third-order valence-corrected chi connectivity index (χ3v) is 4.55. The Morgan fingerprint density at radius 2 is 1.64 bits per heavy atom. The second-order valence-electron chi connectivity index (χ2n) is 7.94. The highest BCUT2D eigenvalue weighted by Crippen LogP contribution is 2.28. The number of hydrogen-bond donors (Lipinski definition) is 1. The SMILES string of the molecule is CC.CC(C)=O.CCC(C)C.COC1CC(OC2CCCCC2O)CC(C)O1. The number of aliphatic hydroxyl groups excluding tert-OH is 1. The lowest BCUT2D eigenvalue weighted by molar-refractivity contribution is -0.220. The number of carbonyl (C=O) groups is 1. The fourth-order valence-corrected chi connectivity index (χ4v) is 2.80. The van der Waals surface area contributed by atoms with E-state index in [1.54, 1.807) is 7.11 Å². The third-order valence-electron chi connectivity index (χ3n) is 4.55. The quantitative estimate of drug-likeness (QED) is 0.668. The van der Waals surface area contributed by atoms with Gasteiger partial charge in [-0.1, -0.05) is 53.9 Å². The number of hydrogen-bond acceptors (Lipinski definition) is 5. The van der Waals surface area contributed by atoms with Crippen molar-refractivity contribution in [2.75, 3.05) is 7.11 Å². The monoisotopic (exact) mass is 404 g/mol. The van der Waals surface area contributed by atoms with E-state index in [0.717, 1.165) is 44.4 Å². The number of Topliss-reactive ketones (excluding diaryl/α,β-unsaturated/α-hetero) is 1. The van der Waals surface area contributed by atoms with Gasteiger partial charge in [-0.05, 0) is 46.0 Å². The maximum absolute atomic E-state index is 9.90. The second kappa shape index (κ2) is 18.5. The van der Waals surface area contributed by atoms with Crippen molar-refractivity contribution in [1.82, 2.24) is 0 Å². The molecule has 1 saturated carbocycles. The lowest BCUT2D eigenvalue weighted by Crippen LogP contribution is -2.42. The number of aliphatic hydroxyl groups is 1. The van der Waals surface area contributed by atoms with Crippen molar-refractivity contribution in [3.05, 3.63) is 0 Å². The predicted molar refractivity (Wildman–Crippen MR) is 117 cm³/mol. The molecule has 1 aliphatic heterocycles. The molecule has 5 atom stereocenters. The molecule has 5 heteroatoms. The van der Waals surface area contributed by atoms with Crippen LogP contribution in [0.3, 0.4) is 0 Å². The van der Waals surface area contributed by atoms with Crippen molar-refractivity contribution < 1.29 is 24.1 Å². The Morgan fingerprint density at radius 3 is 2.07 bits per heavy atom. The van der Waals surface area contributed by atoms with Gasteiger partial charge in [0.1, 0.15) is 5.78 Å². The average molecular weight is 405 g/mol. The lowest BCUT2D eigenvalue weighted by atomic mass is 9.94. The van der Waals surface area contributed by atoms with Crippen molar-refractivity contribution in [1.29, 1.82) is 0 Å². The molecule has 1 saturated heterocycles. The number of rotatable bonds is 4. The van der Waals surface area contributed by atoms with Crippen molar-refractivity contribution >= 4 is 5.78 Å². The van der Waals surface area contributed by atoms with Gasteiger partial charge in [-0.3, -0.25) is 0 Å². The summed E-state index contributed by atoms with van der Waals surface area (Å²) in [5, 5.41) is 9.90. The average Bonchev–Trinajstić information content (AvgIpc) is 2.65. The van der Waals surface area contributed by atoms with Crippen molar-refractivity contribution in [2.45, 2.75) is 131 Å². The maximum atomic E-state index is 9.90. The van der Waals surface area contributed by atoms with E-state index in [1.165, 1.54) is 20.3 Å². The molecule has 5 nitrogen and oxygen atoms in total. The molecule has 2 fully saturated rings. The zero-order valence-corrected chi connectivity index (χ0v) is 20.0. The van der Waals surface area contributed by atoms with E-state index in [1.807, 2.05) is 20.8 Å². The van der Waals surface area contributed by atoms with Gasteiger partial charge in [-0.25, -0.2) is 0 Å². The van der Waals surface area contributed by atoms with Gasteiger partial charge in [0, 0.05) is 13.5 Å². The van der Waals surface area contributed by atoms with Crippen LogP contribution in [0.2, 0.25) is 0 Å². The van der Waals surface area contributed by atoms with Gasteiger partial charge >= 0.3 is 0 Å². The van der Waals surface area contributed by atoms with Gasteiger partial charge in [0.05, 0.1) is 24.4 Å². The summed E-state index contributed by atoms with van der Waals surface area (Å²) in [6, 6.07) is 0. The number of ketones is 1. The van der Waals surface area contributed by atoms with E-state index in [2.05, 4.69) is 20.8 Å². The van der Waals surface area contributed by atoms with E-state index >= 15 is 0 Å². The van der Waals surface area contributed by atoms with Crippen LogP contribution in [-0.4, -0.2) is 48.7 Å². The van der Waals surface area contributed by atoms with Crippen molar-refractivity contribution in [3.63, 3.8) is 0 Å². The summed E-state index contributed by atoms with van der Waals surface area (Å²) in [7, 11) is 1.66. The molecule has 0 spiro atoms. The highest BCUT2D eigenvalue weighted by molar-refractivity contribution is 5.72. The number of ether oxygens (including phenoxy) is 3. The summed E-state index contributed by atoms with van der Waals surface area (Å²) < 4.78 is 16.9. The molecular weight excluding hydrogens is 356 g/mol. The molecule has 0 aromatic rings. The Hall–Kier alpha value is -0.490. The van der Waals surface area contributed by atoms with Crippen LogP contribution in [0.1, 0.15) is 100 Å². The van der Waals surface area contributed by atoms with Gasteiger partial charge in [0.25, 0.3) is 0 Å². The van der Waals surface area contributed by atoms with E-state index in [9.17, 15) is 9.90 Å². The summed E-state index contributed by atoms with van der Waals surface area (Å²) in [6.07, 6.45) is 6.97. The predicted octanol–water partition coefficient (Wildman–Crippen LogP) is 5.52. The summed E-state index contributed by atoms with van der Waals surface area (Å²) in [6.45, 7) is 15.7. The topological polar surface area (TPSA) is 65.0 Å². The molecule has 1 aliphatic carbocycles. The van der Waals surface area contributed by atoms with Crippen molar-refractivity contribution in [2.24, 2.45) is 5.92 Å². The first kappa shape index (κ1) is 29.7. The molecule has 2 aliphatic rings. The minimum absolute atomic E-state index is 0.0107. The zero-order chi connectivity index (χ0) is 22.1. The molecule has 0 aromatic heterocycles.